The minimum atomic E-state index is 0.467. The van der Waals surface area contributed by atoms with Crippen molar-refractivity contribution in [3.63, 3.8) is 0 Å². The molecule has 2 N–H and O–H groups in total. The number of aromatic nitrogens is 3. The van der Waals surface area contributed by atoms with Crippen molar-refractivity contribution in [2.45, 2.75) is 13.2 Å². The van der Waals surface area contributed by atoms with Gasteiger partial charge < -0.3 is 10.5 Å². The average molecular weight is 202 g/mol. The highest BCUT2D eigenvalue weighted by Crippen LogP contribution is 2.29. The molecule has 1 aromatic heterocycles. The van der Waals surface area contributed by atoms with E-state index in [2.05, 4.69) is 10.2 Å². The van der Waals surface area contributed by atoms with Gasteiger partial charge in [0.1, 0.15) is 18.7 Å². The summed E-state index contributed by atoms with van der Waals surface area (Å²) < 4.78 is 7.47. The Hall–Kier alpha value is -1.88. The maximum atomic E-state index is 5.60. The number of nitrogens with two attached hydrogens (primary N) is 1. The van der Waals surface area contributed by atoms with Gasteiger partial charge in [0.25, 0.3) is 0 Å². The second kappa shape index (κ2) is 3.06. The molecule has 3 rings (SSSR count). The van der Waals surface area contributed by atoms with Crippen LogP contribution in [0.15, 0.2) is 24.5 Å². The fraction of sp³-hybridized carbons (Fsp3) is 0.200. The second-order valence-corrected chi connectivity index (χ2v) is 3.41. The standard InChI is InChI=1S/C10H10N4O/c11-4-7-1-2-9-8(3-7)14-6-12-13-10(14)5-15-9/h1-3,6H,4-5,11H2. The van der Waals surface area contributed by atoms with Crippen molar-refractivity contribution in [1.29, 1.82) is 0 Å². The fourth-order valence-corrected chi connectivity index (χ4v) is 1.70. The first-order valence-corrected chi connectivity index (χ1v) is 4.73. The molecule has 5 nitrogen and oxygen atoms in total. The van der Waals surface area contributed by atoms with Gasteiger partial charge in [-0.2, -0.15) is 0 Å². The van der Waals surface area contributed by atoms with Crippen molar-refractivity contribution in [3.05, 3.63) is 35.9 Å². The topological polar surface area (TPSA) is 66.0 Å². The molecule has 1 aliphatic heterocycles. The van der Waals surface area contributed by atoms with E-state index in [-0.39, 0.29) is 0 Å². The Kier molecular flexibility index (Phi) is 1.72. The van der Waals surface area contributed by atoms with Gasteiger partial charge in [-0.3, -0.25) is 4.57 Å². The SMILES string of the molecule is NCc1ccc2c(c1)-n1cnnc1CO2. The van der Waals surface area contributed by atoms with E-state index in [0.717, 1.165) is 22.8 Å². The van der Waals surface area contributed by atoms with Crippen LogP contribution in [0.25, 0.3) is 5.69 Å². The number of nitrogens with zero attached hydrogens (tertiary/aromatic N) is 3. The largest absolute Gasteiger partial charge is 0.483 e. The van der Waals surface area contributed by atoms with Crippen LogP contribution in [0.5, 0.6) is 5.75 Å². The third kappa shape index (κ3) is 1.20. The molecule has 5 heteroatoms. The van der Waals surface area contributed by atoms with E-state index in [9.17, 15) is 0 Å². The molecule has 0 spiro atoms. The van der Waals surface area contributed by atoms with Crippen LogP contribution < -0.4 is 10.5 Å². The summed E-state index contributed by atoms with van der Waals surface area (Å²) in [6.07, 6.45) is 1.69. The molecule has 0 amide bonds. The van der Waals surface area contributed by atoms with Gasteiger partial charge in [0.2, 0.25) is 0 Å². The smallest absolute Gasteiger partial charge is 0.175 e. The Morgan fingerprint density at radius 1 is 1.47 bits per heavy atom. The quantitative estimate of drug-likeness (QED) is 0.736. The number of hydrogen-bond donors (Lipinski definition) is 1. The summed E-state index contributed by atoms with van der Waals surface area (Å²) in [4.78, 5) is 0. The summed E-state index contributed by atoms with van der Waals surface area (Å²) in [5.41, 5.74) is 7.63. The maximum Gasteiger partial charge on any atom is 0.175 e. The summed E-state index contributed by atoms with van der Waals surface area (Å²) in [5.74, 6) is 1.66. The van der Waals surface area contributed by atoms with Crippen molar-refractivity contribution >= 4 is 0 Å². The van der Waals surface area contributed by atoms with Crippen molar-refractivity contribution in [3.8, 4) is 11.4 Å². The van der Waals surface area contributed by atoms with Crippen LogP contribution in [0.2, 0.25) is 0 Å². The maximum absolute atomic E-state index is 5.60. The van der Waals surface area contributed by atoms with E-state index in [4.69, 9.17) is 10.5 Å². The van der Waals surface area contributed by atoms with Gasteiger partial charge in [-0.25, -0.2) is 0 Å². The van der Waals surface area contributed by atoms with E-state index >= 15 is 0 Å². The second-order valence-electron chi connectivity index (χ2n) is 3.41. The molecule has 0 bridgehead atoms. The predicted octanol–water partition coefficient (Wildman–Crippen LogP) is 0.618. The Balaban J connectivity index is 2.21. The van der Waals surface area contributed by atoms with Crippen LogP contribution in [0.3, 0.4) is 0 Å². The van der Waals surface area contributed by atoms with Crippen LogP contribution in [0, 0.1) is 0 Å². The summed E-state index contributed by atoms with van der Waals surface area (Å²) >= 11 is 0. The molecule has 15 heavy (non-hydrogen) atoms. The number of fused-ring (bicyclic) bond motifs is 3. The zero-order chi connectivity index (χ0) is 10.3. The lowest BCUT2D eigenvalue weighted by Gasteiger charge is -2.18. The molecule has 0 saturated carbocycles. The first-order chi connectivity index (χ1) is 7.38. The highest BCUT2D eigenvalue weighted by Gasteiger charge is 2.17. The predicted molar refractivity (Wildman–Crippen MR) is 53.6 cm³/mol. The van der Waals surface area contributed by atoms with E-state index in [0.29, 0.717) is 13.2 Å². The minimum Gasteiger partial charge on any atom is -0.483 e. The van der Waals surface area contributed by atoms with Gasteiger partial charge in [-0.05, 0) is 17.7 Å². The molecule has 0 unspecified atom stereocenters. The number of benzene rings is 1. The van der Waals surface area contributed by atoms with E-state index in [1.54, 1.807) is 6.33 Å². The third-order valence-corrected chi connectivity index (χ3v) is 2.49. The molecule has 2 aromatic rings. The normalized spacial score (nSPS) is 12.9. The van der Waals surface area contributed by atoms with Gasteiger partial charge in [-0.1, -0.05) is 6.07 Å². The van der Waals surface area contributed by atoms with Crippen molar-refractivity contribution in [2.24, 2.45) is 5.73 Å². The van der Waals surface area contributed by atoms with Gasteiger partial charge in [0, 0.05) is 6.54 Å². The van der Waals surface area contributed by atoms with Crippen LogP contribution in [0.1, 0.15) is 11.4 Å². The highest BCUT2D eigenvalue weighted by atomic mass is 16.5. The first kappa shape index (κ1) is 8.43. The van der Waals surface area contributed by atoms with Gasteiger partial charge in [0.15, 0.2) is 5.82 Å². The van der Waals surface area contributed by atoms with E-state index in [1.165, 1.54) is 0 Å². The number of ether oxygens (including phenoxy) is 1. The fourth-order valence-electron chi connectivity index (χ4n) is 1.70. The average Bonchev–Trinajstić information content (AvgIpc) is 2.76. The molecule has 0 radical (unpaired) electrons. The van der Waals surface area contributed by atoms with Gasteiger partial charge in [-0.15, -0.1) is 10.2 Å². The van der Waals surface area contributed by atoms with Crippen molar-refractivity contribution in [2.75, 3.05) is 0 Å². The Bertz CT molecular complexity index is 506. The van der Waals surface area contributed by atoms with Crippen LogP contribution >= 0.6 is 0 Å². The molecule has 2 heterocycles. The molecular weight excluding hydrogens is 192 g/mol. The van der Waals surface area contributed by atoms with Crippen molar-refractivity contribution < 1.29 is 4.74 Å². The zero-order valence-electron chi connectivity index (χ0n) is 8.05. The lowest BCUT2D eigenvalue weighted by molar-refractivity contribution is 0.279. The third-order valence-electron chi connectivity index (χ3n) is 2.49. The Morgan fingerprint density at radius 2 is 2.40 bits per heavy atom. The summed E-state index contributed by atoms with van der Waals surface area (Å²) in [6.45, 7) is 0.986. The zero-order valence-corrected chi connectivity index (χ0v) is 8.05. The Morgan fingerprint density at radius 3 is 3.27 bits per heavy atom. The number of hydrogen-bond acceptors (Lipinski definition) is 4. The van der Waals surface area contributed by atoms with Crippen LogP contribution in [-0.4, -0.2) is 14.8 Å². The van der Waals surface area contributed by atoms with Gasteiger partial charge >= 0.3 is 0 Å². The lowest BCUT2D eigenvalue weighted by Crippen LogP contribution is -2.13. The van der Waals surface area contributed by atoms with E-state index < -0.39 is 0 Å². The molecular formula is C10H10N4O. The van der Waals surface area contributed by atoms with Crippen LogP contribution in [-0.2, 0) is 13.2 Å². The molecule has 1 aliphatic rings. The molecule has 1 aromatic carbocycles. The van der Waals surface area contributed by atoms with Crippen LogP contribution in [0.4, 0.5) is 0 Å². The number of rotatable bonds is 1. The highest BCUT2D eigenvalue weighted by molar-refractivity contribution is 5.50. The molecule has 0 aliphatic carbocycles. The minimum absolute atomic E-state index is 0.467. The summed E-state index contributed by atoms with van der Waals surface area (Å²) in [5, 5.41) is 7.83. The van der Waals surface area contributed by atoms with Crippen molar-refractivity contribution in [1.82, 2.24) is 14.8 Å². The molecule has 0 atom stereocenters. The lowest BCUT2D eigenvalue weighted by atomic mass is 10.1. The van der Waals surface area contributed by atoms with E-state index in [1.807, 2.05) is 22.8 Å². The molecule has 76 valence electrons. The van der Waals surface area contributed by atoms with Gasteiger partial charge in [0.05, 0.1) is 5.69 Å². The molecule has 0 saturated heterocycles. The summed E-state index contributed by atoms with van der Waals surface area (Å²) in [7, 11) is 0. The Labute approximate surface area is 86.5 Å². The first-order valence-electron chi connectivity index (χ1n) is 4.73. The summed E-state index contributed by atoms with van der Waals surface area (Å²) in [6, 6.07) is 5.90. The molecule has 0 fully saturated rings. The monoisotopic (exact) mass is 202 g/mol.